The Labute approximate surface area is 130 Å². The van der Waals surface area contributed by atoms with Crippen molar-refractivity contribution in [1.82, 2.24) is 0 Å². The lowest BCUT2D eigenvalue weighted by Gasteiger charge is -2.10. The van der Waals surface area contributed by atoms with Gasteiger partial charge >= 0.3 is 0 Å². The predicted octanol–water partition coefficient (Wildman–Crippen LogP) is 6.05. The molecule has 0 aliphatic carbocycles. The Morgan fingerprint density at radius 1 is 0.842 bits per heavy atom. The summed E-state index contributed by atoms with van der Waals surface area (Å²) >= 11 is 23.5. The fourth-order valence-corrected chi connectivity index (χ4v) is 2.43. The SMILES string of the molecule is Fc1cc(Cl)cc(CNc2cc(Cl)c(Cl)cc2Cl)c1. The molecule has 2 rings (SSSR count). The molecular weight excluding hydrogens is 331 g/mol. The molecule has 6 heteroatoms. The van der Waals surface area contributed by atoms with Gasteiger partial charge in [-0.1, -0.05) is 46.4 Å². The molecule has 2 aromatic rings. The van der Waals surface area contributed by atoms with E-state index < -0.39 is 0 Å². The zero-order valence-corrected chi connectivity index (χ0v) is 12.5. The number of hydrogen-bond donors (Lipinski definition) is 1. The average molecular weight is 339 g/mol. The van der Waals surface area contributed by atoms with Gasteiger partial charge in [-0.15, -0.1) is 0 Å². The van der Waals surface area contributed by atoms with Crippen LogP contribution in [0.4, 0.5) is 10.1 Å². The van der Waals surface area contributed by atoms with Crippen LogP contribution < -0.4 is 5.32 Å². The van der Waals surface area contributed by atoms with Crippen molar-refractivity contribution in [3.8, 4) is 0 Å². The Kier molecular flexibility index (Phi) is 4.80. The highest BCUT2D eigenvalue weighted by Gasteiger charge is 2.06. The number of benzene rings is 2. The van der Waals surface area contributed by atoms with Crippen LogP contribution in [0.1, 0.15) is 5.56 Å². The molecule has 0 heterocycles. The highest BCUT2D eigenvalue weighted by molar-refractivity contribution is 6.44. The van der Waals surface area contributed by atoms with E-state index in [1.807, 2.05) is 0 Å². The predicted molar refractivity (Wildman–Crippen MR) is 80.2 cm³/mol. The maximum absolute atomic E-state index is 13.2. The second kappa shape index (κ2) is 6.19. The summed E-state index contributed by atoms with van der Waals surface area (Å²) in [6.07, 6.45) is 0. The summed E-state index contributed by atoms with van der Waals surface area (Å²) in [6, 6.07) is 7.48. The van der Waals surface area contributed by atoms with Gasteiger partial charge in [0.1, 0.15) is 5.82 Å². The maximum atomic E-state index is 13.2. The van der Waals surface area contributed by atoms with Crippen molar-refractivity contribution in [2.45, 2.75) is 6.54 Å². The van der Waals surface area contributed by atoms with Crippen LogP contribution in [0.5, 0.6) is 0 Å². The lowest BCUT2D eigenvalue weighted by Crippen LogP contribution is -2.00. The first-order valence-corrected chi connectivity index (χ1v) is 6.80. The summed E-state index contributed by atoms with van der Waals surface area (Å²) in [5.74, 6) is -0.385. The normalized spacial score (nSPS) is 10.6. The minimum absolute atomic E-state index is 0.344. The van der Waals surface area contributed by atoms with E-state index in [-0.39, 0.29) is 5.82 Å². The Bertz CT molecular complexity index is 596. The molecule has 0 aromatic heterocycles. The Morgan fingerprint density at radius 2 is 1.53 bits per heavy atom. The van der Waals surface area contributed by atoms with Gasteiger partial charge in [0.25, 0.3) is 0 Å². The molecule has 0 aliphatic heterocycles. The molecule has 0 saturated heterocycles. The van der Waals surface area contributed by atoms with Crippen molar-refractivity contribution < 1.29 is 4.39 Å². The summed E-state index contributed by atoms with van der Waals surface area (Å²) in [4.78, 5) is 0. The molecule has 2 aromatic carbocycles. The molecule has 0 amide bonds. The van der Waals surface area contributed by atoms with E-state index in [1.54, 1.807) is 18.2 Å². The van der Waals surface area contributed by atoms with Crippen LogP contribution in [-0.4, -0.2) is 0 Å². The Morgan fingerprint density at radius 3 is 2.21 bits per heavy atom. The molecule has 0 radical (unpaired) electrons. The molecule has 0 atom stereocenters. The molecule has 100 valence electrons. The first kappa shape index (κ1) is 14.7. The van der Waals surface area contributed by atoms with Crippen LogP contribution in [0.3, 0.4) is 0 Å². The van der Waals surface area contributed by atoms with Crippen LogP contribution in [0.2, 0.25) is 20.1 Å². The van der Waals surface area contributed by atoms with Gasteiger partial charge in [-0.2, -0.15) is 0 Å². The van der Waals surface area contributed by atoms with Crippen LogP contribution >= 0.6 is 46.4 Å². The number of nitrogens with one attached hydrogen (secondary N) is 1. The third-order valence-electron chi connectivity index (χ3n) is 2.42. The molecule has 0 aliphatic rings. The fraction of sp³-hybridized carbons (Fsp3) is 0.0769. The number of rotatable bonds is 3. The van der Waals surface area contributed by atoms with Gasteiger partial charge in [-0.05, 0) is 35.9 Å². The van der Waals surface area contributed by atoms with Gasteiger partial charge in [-0.3, -0.25) is 0 Å². The van der Waals surface area contributed by atoms with Gasteiger partial charge in [0.2, 0.25) is 0 Å². The largest absolute Gasteiger partial charge is 0.380 e. The number of halogens is 5. The van der Waals surface area contributed by atoms with Crippen LogP contribution in [0, 0.1) is 5.82 Å². The van der Waals surface area contributed by atoms with Crippen molar-refractivity contribution in [2.75, 3.05) is 5.32 Å². The smallest absolute Gasteiger partial charge is 0.125 e. The van der Waals surface area contributed by atoms with E-state index in [9.17, 15) is 4.39 Å². The van der Waals surface area contributed by atoms with E-state index in [2.05, 4.69) is 5.32 Å². The number of anilines is 1. The summed E-state index contributed by atoms with van der Waals surface area (Å²) in [6.45, 7) is 0.370. The standard InChI is InChI=1S/C13H8Cl4FN/c14-8-1-7(2-9(18)3-8)6-19-13-5-11(16)10(15)4-12(13)17/h1-5,19H,6H2. The minimum atomic E-state index is -0.385. The molecule has 0 saturated carbocycles. The zero-order valence-electron chi connectivity index (χ0n) is 9.48. The first-order chi connectivity index (χ1) is 8.95. The van der Waals surface area contributed by atoms with Crippen molar-refractivity contribution >= 4 is 52.1 Å². The third-order valence-corrected chi connectivity index (χ3v) is 3.67. The lowest BCUT2D eigenvalue weighted by atomic mass is 10.2. The van der Waals surface area contributed by atoms with Crippen molar-refractivity contribution in [3.05, 3.63) is 61.8 Å². The van der Waals surface area contributed by atoms with E-state index in [4.69, 9.17) is 46.4 Å². The quantitative estimate of drug-likeness (QED) is 0.671. The summed E-state index contributed by atoms with van der Waals surface area (Å²) in [5, 5.41) is 4.61. The summed E-state index contributed by atoms with van der Waals surface area (Å²) in [7, 11) is 0. The highest BCUT2D eigenvalue weighted by Crippen LogP contribution is 2.32. The van der Waals surface area contributed by atoms with E-state index in [1.165, 1.54) is 12.1 Å². The number of hydrogen-bond acceptors (Lipinski definition) is 1. The van der Waals surface area contributed by atoms with Crippen LogP contribution in [0.25, 0.3) is 0 Å². The van der Waals surface area contributed by atoms with Gasteiger partial charge in [0.05, 0.1) is 20.8 Å². The van der Waals surface area contributed by atoms with E-state index >= 15 is 0 Å². The molecule has 1 N–H and O–H groups in total. The third kappa shape index (κ3) is 3.90. The van der Waals surface area contributed by atoms with Gasteiger partial charge < -0.3 is 5.32 Å². The van der Waals surface area contributed by atoms with Crippen molar-refractivity contribution in [2.24, 2.45) is 0 Å². The second-order valence-corrected chi connectivity index (χ2v) is 5.54. The van der Waals surface area contributed by atoms with Crippen molar-refractivity contribution in [1.29, 1.82) is 0 Å². The highest BCUT2D eigenvalue weighted by atomic mass is 35.5. The van der Waals surface area contributed by atoms with Gasteiger partial charge in [0.15, 0.2) is 0 Å². The summed E-state index contributed by atoms with van der Waals surface area (Å²) < 4.78 is 13.2. The zero-order chi connectivity index (χ0) is 14.0. The van der Waals surface area contributed by atoms with E-state index in [0.29, 0.717) is 37.9 Å². The second-order valence-electron chi connectivity index (χ2n) is 3.88. The molecular formula is C13H8Cl4FN. The first-order valence-electron chi connectivity index (χ1n) is 5.29. The topological polar surface area (TPSA) is 12.0 Å². The van der Waals surface area contributed by atoms with Crippen LogP contribution in [0.15, 0.2) is 30.3 Å². The van der Waals surface area contributed by atoms with Gasteiger partial charge in [0, 0.05) is 11.6 Å². The lowest BCUT2D eigenvalue weighted by molar-refractivity contribution is 0.626. The molecule has 1 nitrogen and oxygen atoms in total. The molecule has 0 unspecified atom stereocenters. The van der Waals surface area contributed by atoms with Gasteiger partial charge in [-0.25, -0.2) is 4.39 Å². The van der Waals surface area contributed by atoms with Crippen molar-refractivity contribution in [3.63, 3.8) is 0 Å². The maximum Gasteiger partial charge on any atom is 0.125 e. The molecule has 0 fully saturated rings. The monoisotopic (exact) mass is 337 g/mol. The minimum Gasteiger partial charge on any atom is -0.380 e. The Hall–Kier alpha value is -0.670. The fourth-order valence-electron chi connectivity index (χ4n) is 1.57. The van der Waals surface area contributed by atoms with Crippen LogP contribution in [-0.2, 0) is 6.54 Å². The molecule has 0 bridgehead atoms. The Balaban J connectivity index is 2.16. The van der Waals surface area contributed by atoms with E-state index in [0.717, 1.165) is 0 Å². The average Bonchev–Trinajstić information content (AvgIpc) is 2.31. The summed E-state index contributed by atoms with van der Waals surface area (Å²) in [5.41, 5.74) is 1.32. The molecule has 19 heavy (non-hydrogen) atoms. The molecule has 0 spiro atoms.